The van der Waals surface area contributed by atoms with Gasteiger partial charge in [-0.25, -0.2) is 4.39 Å². The van der Waals surface area contributed by atoms with Gasteiger partial charge in [0.15, 0.2) is 18.2 Å². The second-order valence-corrected chi connectivity index (χ2v) is 4.68. The standard InChI is InChI=1S/C16H17FN2O2/c1-11-3-2-4-13(7-11)19-16(20)10-21-15-6-5-12(9-18)8-14(15)17/h2-8H,9-10,18H2,1H3,(H,19,20). The molecule has 0 spiro atoms. The normalized spacial score (nSPS) is 10.2. The lowest BCUT2D eigenvalue weighted by atomic mass is 10.2. The van der Waals surface area contributed by atoms with Crippen molar-refractivity contribution in [2.75, 3.05) is 11.9 Å². The second kappa shape index (κ2) is 6.85. The molecule has 110 valence electrons. The van der Waals surface area contributed by atoms with Crippen LogP contribution in [0.3, 0.4) is 0 Å². The van der Waals surface area contributed by atoms with Crippen LogP contribution in [0.2, 0.25) is 0 Å². The summed E-state index contributed by atoms with van der Waals surface area (Å²) in [5, 5.41) is 2.69. The Morgan fingerprint density at radius 2 is 2.10 bits per heavy atom. The van der Waals surface area contributed by atoms with Crippen molar-refractivity contribution < 1.29 is 13.9 Å². The van der Waals surface area contributed by atoms with Gasteiger partial charge in [0.2, 0.25) is 0 Å². The number of nitrogens with two attached hydrogens (primary N) is 1. The number of nitrogens with one attached hydrogen (secondary N) is 1. The van der Waals surface area contributed by atoms with E-state index in [1.807, 2.05) is 25.1 Å². The molecule has 0 aromatic heterocycles. The Bertz CT molecular complexity index is 644. The Hall–Kier alpha value is -2.40. The molecule has 0 aliphatic carbocycles. The van der Waals surface area contributed by atoms with Gasteiger partial charge in [0.25, 0.3) is 5.91 Å². The minimum Gasteiger partial charge on any atom is -0.481 e. The van der Waals surface area contributed by atoms with Gasteiger partial charge in [0.05, 0.1) is 0 Å². The van der Waals surface area contributed by atoms with Gasteiger partial charge in [0.1, 0.15) is 0 Å². The fraction of sp³-hybridized carbons (Fsp3) is 0.188. The number of ether oxygens (including phenoxy) is 1. The van der Waals surface area contributed by atoms with Crippen molar-refractivity contribution in [1.29, 1.82) is 0 Å². The van der Waals surface area contributed by atoms with E-state index in [2.05, 4.69) is 5.32 Å². The van der Waals surface area contributed by atoms with Crippen molar-refractivity contribution in [2.45, 2.75) is 13.5 Å². The summed E-state index contributed by atoms with van der Waals surface area (Å²) in [6, 6.07) is 11.8. The van der Waals surface area contributed by atoms with Crippen LogP contribution in [-0.4, -0.2) is 12.5 Å². The minimum atomic E-state index is -0.527. The molecule has 5 heteroatoms. The SMILES string of the molecule is Cc1cccc(NC(=O)COc2ccc(CN)cc2F)c1. The summed E-state index contributed by atoms with van der Waals surface area (Å²) < 4.78 is 18.8. The Balaban J connectivity index is 1.92. The zero-order chi connectivity index (χ0) is 15.2. The number of carbonyl (C=O) groups is 1. The molecule has 0 aliphatic rings. The quantitative estimate of drug-likeness (QED) is 0.889. The van der Waals surface area contributed by atoms with E-state index >= 15 is 0 Å². The number of rotatable bonds is 5. The number of benzene rings is 2. The van der Waals surface area contributed by atoms with Crippen LogP contribution in [0, 0.1) is 12.7 Å². The van der Waals surface area contributed by atoms with Crippen LogP contribution in [-0.2, 0) is 11.3 Å². The predicted molar refractivity (Wildman–Crippen MR) is 79.6 cm³/mol. The van der Waals surface area contributed by atoms with E-state index in [0.29, 0.717) is 11.3 Å². The molecule has 1 amide bonds. The highest BCUT2D eigenvalue weighted by atomic mass is 19.1. The van der Waals surface area contributed by atoms with Gasteiger partial charge in [-0.2, -0.15) is 0 Å². The molecule has 3 N–H and O–H groups in total. The molecule has 21 heavy (non-hydrogen) atoms. The van der Waals surface area contributed by atoms with Crippen molar-refractivity contribution in [3.63, 3.8) is 0 Å². The second-order valence-electron chi connectivity index (χ2n) is 4.68. The summed E-state index contributed by atoms with van der Waals surface area (Å²) in [6.07, 6.45) is 0. The Labute approximate surface area is 122 Å². The van der Waals surface area contributed by atoms with Gasteiger partial charge < -0.3 is 15.8 Å². The van der Waals surface area contributed by atoms with Crippen molar-refractivity contribution in [3.05, 3.63) is 59.4 Å². The summed E-state index contributed by atoms with van der Waals surface area (Å²) in [5.74, 6) is -0.837. The Morgan fingerprint density at radius 1 is 1.29 bits per heavy atom. The molecule has 0 radical (unpaired) electrons. The van der Waals surface area contributed by atoms with Crippen LogP contribution in [0.25, 0.3) is 0 Å². The van der Waals surface area contributed by atoms with Crippen LogP contribution in [0.1, 0.15) is 11.1 Å². The highest BCUT2D eigenvalue weighted by molar-refractivity contribution is 5.91. The summed E-state index contributed by atoms with van der Waals surface area (Å²) >= 11 is 0. The number of halogens is 1. The van der Waals surface area contributed by atoms with Crippen LogP contribution < -0.4 is 15.8 Å². The molecular weight excluding hydrogens is 271 g/mol. The largest absolute Gasteiger partial charge is 0.481 e. The lowest BCUT2D eigenvalue weighted by Gasteiger charge is -2.09. The molecule has 4 nitrogen and oxygen atoms in total. The van der Waals surface area contributed by atoms with Crippen molar-refractivity contribution in [3.8, 4) is 5.75 Å². The molecule has 0 fully saturated rings. The van der Waals surface area contributed by atoms with Gasteiger partial charge in [-0.05, 0) is 42.3 Å². The predicted octanol–water partition coefficient (Wildman–Crippen LogP) is 2.61. The van der Waals surface area contributed by atoms with E-state index in [1.54, 1.807) is 12.1 Å². The van der Waals surface area contributed by atoms with Gasteiger partial charge in [-0.3, -0.25) is 4.79 Å². The molecule has 2 aromatic carbocycles. The zero-order valence-corrected chi connectivity index (χ0v) is 11.7. The molecule has 0 saturated carbocycles. The maximum atomic E-state index is 13.7. The van der Waals surface area contributed by atoms with E-state index in [0.717, 1.165) is 5.56 Å². The summed E-state index contributed by atoms with van der Waals surface area (Å²) in [5.41, 5.74) is 7.81. The van der Waals surface area contributed by atoms with Gasteiger partial charge >= 0.3 is 0 Å². The summed E-state index contributed by atoms with van der Waals surface area (Å²) in [7, 11) is 0. The Kier molecular flexibility index (Phi) is 4.90. The third-order valence-corrected chi connectivity index (χ3v) is 2.89. The summed E-state index contributed by atoms with van der Waals surface area (Å²) in [6.45, 7) is 1.93. The molecule has 0 aliphatic heterocycles. The van der Waals surface area contributed by atoms with Crippen LogP contribution in [0.5, 0.6) is 5.75 Å². The fourth-order valence-corrected chi connectivity index (χ4v) is 1.85. The minimum absolute atomic E-state index is 0.0339. The highest BCUT2D eigenvalue weighted by Crippen LogP contribution is 2.18. The van der Waals surface area contributed by atoms with Gasteiger partial charge in [0, 0.05) is 12.2 Å². The number of hydrogen-bond acceptors (Lipinski definition) is 3. The van der Waals surface area contributed by atoms with Gasteiger partial charge in [-0.1, -0.05) is 18.2 Å². The number of anilines is 1. The first-order valence-electron chi connectivity index (χ1n) is 6.56. The van der Waals surface area contributed by atoms with E-state index in [-0.39, 0.29) is 24.8 Å². The average molecular weight is 288 g/mol. The Morgan fingerprint density at radius 3 is 2.76 bits per heavy atom. The first-order valence-corrected chi connectivity index (χ1v) is 6.56. The smallest absolute Gasteiger partial charge is 0.262 e. The van der Waals surface area contributed by atoms with Crippen molar-refractivity contribution in [2.24, 2.45) is 5.73 Å². The maximum Gasteiger partial charge on any atom is 0.262 e. The molecule has 0 bridgehead atoms. The van der Waals surface area contributed by atoms with Crippen LogP contribution >= 0.6 is 0 Å². The number of carbonyl (C=O) groups excluding carboxylic acids is 1. The maximum absolute atomic E-state index is 13.7. The molecular formula is C16H17FN2O2. The highest BCUT2D eigenvalue weighted by Gasteiger charge is 2.08. The first kappa shape index (κ1) is 15.0. The number of aryl methyl sites for hydroxylation is 1. The van der Waals surface area contributed by atoms with E-state index < -0.39 is 5.82 Å². The number of hydrogen-bond donors (Lipinski definition) is 2. The van der Waals surface area contributed by atoms with Crippen LogP contribution in [0.4, 0.5) is 10.1 Å². The first-order chi connectivity index (χ1) is 10.1. The molecule has 2 aromatic rings. The van der Waals surface area contributed by atoms with E-state index in [1.165, 1.54) is 12.1 Å². The van der Waals surface area contributed by atoms with Gasteiger partial charge in [-0.15, -0.1) is 0 Å². The average Bonchev–Trinajstić information content (AvgIpc) is 2.46. The van der Waals surface area contributed by atoms with Crippen LogP contribution in [0.15, 0.2) is 42.5 Å². The monoisotopic (exact) mass is 288 g/mol. The number of amides is 1. The summed E-state index contributed by atoms with van der Waals surface area (Å²) in [4.78, 5) is 11.8. The molecule has 0 heterocycles. The lowest BCUT2D eigenvalue weighted by molar-refractivity contribution is -0.118. The fourth-order valence-electron chi connectivity index (χ4n) is 1.85. The van der Waals surface area contributed by atoms with Crippen molar-refractivity contribution in [1.82, 2.24) is 0 Å². The third kappa shape index (κ3) is 4.29. The lowest BCUT2D eigenvalue weighted by Crippen LogP contribution is -2.20. The van der Waals surface area contributed by atoms with E-state index in [4.69, 9.17) is 10.5 Å². The zero-order valence-electron chi connectivity index (χ0n) is 11.7. The molecule has 0 saturated heterocycles. The molecule has 0 unspecified atom stereocenters. The topological polar surface area (TPSA) is 64.3 Å². The third-order valence-electron chi connectivity index (χ3n) is 2.89. The van der Waals surface area contributed by atoms with Crippen molar-refractivity contribution >= 4 is 11.6 Å². The van der Waals surface area contributed by atoms with E-state index in [9.17, 15) is 9.18 Å². The molecule has 2 rings (SSSR count). The molecule has 0 atom stereocenters.